The Balaban J connectivity index is 2.25. The Morgan fingerprint density at radius 2 is 1.95 bits per heavy atom. The lowest BCUT2D eigenvalue weighted by atomic mass is 9.73. The van der Waals surface area contributed by atoms with Crippen molar-refractivity contribution in [3.8, 4) is 0 Å². The van der Waals surface area contributed by atoms with E-state index in [1.54, 1.807) is 0 Å². The first-order valence-corrected chi connectivity index (χ1v) is 8.12. The Kier molecular flexibility index (Phi) is 4.58. The van der Waals surface area contributed by atoms with Crippen LogP contribution in [0.1, 0.15) is 33.1 Å². The predicted octanol–water partition coefficient (Wildman–Crippen LogP) is 3.29. The molecule has 0 spiro atoms. The van der Waals surface area contributed by atoms with Gasteiger partial charge in [0.2, 0.25) is 0 Å². The van der Waals surface area contributed by atoms with Gasteiger partial charge < -0.3 is 5.11 Å². The van der Waals surface area contributed by atoms with Gasteiger partial charge in [0.25, 0.3) is 0 Å². The second kappa shape index (κ2) is 6.02. The van der Waals surface area contributed by atoms with Gasteiger partial charge in [-0.3, -0.25) is 4.21 Å². The van der Waals surface area contributed by atoms with Crippen LogP contribution in [0.5, 0.6) is 0 Å². The van der Waals surface area contributed by atoms with Gasteiger partial charge in [0.15, 0.2) is 0 Å². The van der Waals surface area contributed by atoms with E-state index in [2.05, 4.69) is 13.8 Å². The molecule has 104 valence electrons. The third-order valence-corrected chi connectivity index (χ3v) is 5.35. The first-order chi connectivity index (χ1) is 9.04. The van der Waals surface area contributed by atoms with E-state index in [1.165, 1.54) is 5.57 Å². The third kappa shape index (κ3) is 3.34. The Morgan fingerprint density at radius 3 is 2.58 bits per heavy atom. The molecule has 0 saturated carbocycles. The maximum absolute atomic E-state index is 12.5. The highest BCUT2D eigenvalue weighted by Crippen LogP contribution is 2.40. The van der Waals surface area contributed by atoms with Gasteiger partial charge in [-0.15, -0.1) is 0 Å². The van der Waals surface area contributed by atoms with Crippen LogP contribution in [0.25, 0.3) is 0 Å². The monoisotopic (exact) mass is 278 g/mol. The fraction of sp³-hybridized carbons (Fsp3) is 0.500. The Bertz CT molecular complexity index is 489. The highest BCUT2D eigenvalue weighted by atomic mass is 32.2. The lowest BCUT2D eigenvalue weighted by Crippen LogP contribution is -2.26. The summed E-state index contributed by atoms with van der Waals surface area (Å²) in [4.78, 5) is 0.869. The maximum Gasteiger partial charge on any atom is 0.0644 e. The van der Waals surface area contributed by atoms with Crippen molar-refractivity contribution in [2.45, 2.75) is 38.0 Å². The van der Waals surface area contributed by atoms with Crippen molar-refractivity contribution in [3.05, 3.63) is 41.5 Å². The number of hydrogen-bond donors (Lipinski definition) is 1. The molecule has 1 aromatic carbocycles. The van der Waals surface area contributed by atoms with E-state index in [0.717, 1.165) is 29.7 Å². The topological polar surface area (TPSA) is 37.3 Å². The quantitative estimate of drug-likeness (QED) is 0.858. The van der Waals surface area contributed by atoms with Gasteiger partial charge in [0, 0.05) is 4.90 Å². The molecule has 0 heterocycles. The third-order valence-electron chi connectivity index (χ3n) is 4.00. The van der Waals surface area contributed by atoms with Crippen LogP contribution in [0.2, 0.25) is 0 Å². The van der Waals surface area contributed by atoms with Crippen molar-refractivity contribution in [1.82, 2.24) is 0 Å². The van der Waals surface area contributed by atoms with Crippen molar-refractivity contribution in [2.75, 3.05) is 12.4 Å². The molecule has 3 heteroatoms. The summed E-state index contributed by atoms with van der Waals surface area (Å²) >= 11 is 0. The van der Waals surface area contributed by atoms with Crippen molar-refractivity contribution in [2.24, 2.45) is 5.41 Å². The molecular weight excluding hydrogens is 256 g/mol. The zero-order valence-electron chi connectivity index (χ0n) is 11.7. The average Bonchev–Trinajstić information content (AvgIpc) is 2.41. The summed E-state index contributed by atoms with van der Waals surface area (Å²) in [5, 5.41) is 9.52. The first kappa shape index (κ1) is 14.5. The van der Waals surface area contributed by atoms with Gasteiger partial charge in [-0.1, -0.05) is 37.6 Å². The van der Waals surface area contributed by atoms with Gasteiger partial charge in [-0.05, 0) is 42.4 Å². The molecule has 0 aromatic heterocycles. The van der Waals surface area contributed by atoms with Gasteiger partial charge in [-0.2, -0.15) is 0 Å². The van der Waals surface area contributed by atoms with E-state index in [4.69, 9.17) is 0 Å². The van der Waals surface area contributed by atoms with Gasteiger partial charge in [0.05, 0.1) is 23.2 Å². The zero-order valence-corrected chi connectivity index (χ0v) is 12.5. The van der Waals surface area contributed by atoms with E-state index in [-0.39, 0.29) is 12.0 Å². The van der Waals surface area contributed by atoms with E-state index in [1.807, 2.05) is 30.3 Å². The highest BCUT2D eigenvalue weighted by molar-refractivity contribution is 7.85. The summed E-state index contributed by atoms with van der Waals surface area (Å²) in [5.41, 5.74) is 2.35. The molecule has 1 aliphatic rings. The van der Waals surface area contributed by atoms with E-state index in [0.29, 0.717) is 5.75 Å². The molecule has 1 aliphatic carbocycles. The van der Waals surface area contributed by atoms with E-state index in [9.17, 15) is 9.32 Å². The van der Waals surface area contributed by atoms with Crippen molar-refractivity contribution in [3.63, 3.8) is 0 Å². The molecule has 2 rings (SSSR count). The van der Waals surface area contributed by atoms with Crippen LogP contribution in [-0.4, -0.2) is 21.7 Å². The summed E-state index contributed by atoms with van der Waals surface area (Å²) in [6.07, 6.45) is 3.17. The van der Waals surface area contributed by atoms with Gasteiger partial charge in [-0.25, -0.2) is 0 Å². The van der Waals surface area contributed by atoms with Crippen molar-refractivity contribution < 1.29 is 9.32 Å². The minimum Gasteiger partial charge on any atom is -0.392 e. The van der Waals surface area contributed by atoms with Crippen LogP contribution in [0.3, 0.4) is 0 Å². The van der Waals surface area contributed by atoms with E-state index < -0.39 is 10.8 Å². The predicted molar refractivity (Wildman–Crippen MR) is 79.5 cm³/mol. The highest BCUT2D eigenvalue weighted by Gasteiger charge is 2.30. The first-order valence-electron chi connectivity index (χ1n) is 6.80. The second-order valence-corrected chi connectivity index (χ2v) is 7.23. The molecular formula is C16H22O2S. The number of aliphatic hydroxyl groups excluding tert-OH is 1. The molecule has 2 nitrogen and oxygen atoms in total. The van der Waals surface area contributed by atoms with Crippen LogP contribution >= 0.6 is 0 Å². The summed E-state index contributed by atoms with van der Waals surface area (Å²) in [5.74, 6) is 0.549. The molecule has 0 radical (unpaired) electrons. The number of rotatable bonds is 4. The molecule has 0 fully saturated rings. The van der Waals surface area contributed by atoms with Gasteiger partial charge >= 0.3 is 0 Å². The van der Waals surface area contributed by atoms with Crippen LogP contribution < -0.4 is 0 Å². The molecule has 0 amide bonds. The Labute approximate surface area is 118 Å². The Morgan fingerprint density at radius 1 is 1.26 bits per heavy atom. The minimum absolute atomic E-state index is 0.0563. The normalized spacial score (nSPS) is 20.4. The number of aliphatic hydroxyl groups is 1. The van der Waals surface area contributed by atoms with Crippen LogP contribution in [-0.2, 0) is 10.8 Å². The van der Waals surface area contributed by atoms with Crippen LogP contribution in [0, 0.1) is 5.41 Å². The molecule has 1 unspecified atom stereocenters. The van der Waals surface area contributed by atoms with Gasteiger partial charge in [0.1, 0.15) is 0 Å². The molecule has 1 atom stereocenters. The fourth-order valence-corrected chi connectivity index (χ4v) is 4.27. The lowest BCUT2D eigenvalue weighted by molar-refractivity contribution is 0.296. The summed E-state index contributed by atoms with van der Waals surface area (Å²) in [6, 6.07) is 9.58. The SMILES string of the molecule is CC1(C)CCCC(CO)=C1CS(=O)c1ccccc1. The number of hydrogen-bond acceptors (Lipinski definition) is 2. The van der Waals surface area contributed by atoms with Crippen molar-refractivity contribution >= 4 is 10.8 Å². The van der Waals surface area contributed by atoms with E-state index >= 15 is 0 Å². The summed E-state index contributed by atoms with van der Waals surface area (Å²) < 4.78 is 12.5. The molecule has 1 N–H and O–H groups in total. The lowest BCUT2D eigenvalue weighted by Gasteiger charge is -2.35. The maximum atomic E-state index is 12.5. The molecule has 19 heavy (non-hydrogen) atoms. The summed E-state index contributed by atoms with van der Waals surface area (Å²) in [7, 11) is -1.02. The number of benzene rings is 1. The average molecular weight is 278 g/mol. The minimum atomic E-state index is -1.02. The zero-order chi connectivity index (χ0) is 13.9. The molecule has 0 aliphatic heterocycles. The second-order valence-electron chi connectivity index (χ2n) is 5.78. The molecule has 1 aromatic rings. The fourth-order valence-electron chi connectivity index (χ4n) is 2.78. The van der Waals surface area contributed by atoms with Crippen LogP contribution in [0.4, 0.5) is 0 Å². The largest absolute Gasteiger partial charge is 0.392 e. The molecule has 0 bridgehead atoms. The molecule has 0 saturated heterocycles. The van der Waals surface area contributed by atoms with Crippen molar-refractivity contribution in [1.29, 1.82) is 0 Å². The standard InChI is InChI=1S/C16H22O2S/c1-16(2)10-6-7-13(11-17)15(16)12-19(18)14-8-4-3-5-9-14/h3-5,8-9,17H,6-7,10-12H2,1-2H3. The smallest absolute Gasteiger partial charge is 0.0644 e. The Hall–Kier alpha value is -0.930. The van der Waals surface area contributed by atoms with Crippen LogP contribution in [0.15, 0.2) is 46.4 Å². The summed E-state index contributed by atoms with van der Waals surface area (Å²) in [6.45, 7) is 4.49.